The Labute approximate surface area is 132 Å². The van der Waals surface area contributed by atoms with E-state index in [4.69, 9.17) is 0 Å². The Morgan fingerprint density at radius 1 is 0.714 bits per heavy atom. The van der Waals surface area contributed by atoms with Gasteiger partial charge in [0, 0.05) is 0 Å². The van der Waals surface area contributed by atoms with E-state index in [0.717, 1.165) is 0 Å². The van der Waals surface area contributed by atoms with Gasteiger partial charge in [-0.05, 0) is 10.8 Å². The van der Waals surface area contributed by atoms with Crippen molar-refractivity contribution in [3.8, 4) is 0 Å². The molecule has 2 rings (SSSR count). The highest BCUT2D eigenvalue weighted by molar-refractivity contribution is 6.75. The van der Waals surface area contributed by atoms with E-state index in [0.29, 0.717) is 0 Å². The molecule has 0 atom stereocenters. The molecule has 0 fully saturated rings. The monoisotopic (exact) mass is 298 g/mol. The zero-order valence-electron chi connectivity index (χ0n) is 13.8. The van der Waals surface area contributed by atoms with Gasteiger partial charge >= 0.3 is 0 Å². The van der Waals surface area contributed by atoms with Gasteiger partial charge in [0.1, 0.15) is 0 Å². The van der Waals surface area contributed by atoms with Gasteiger partial charge in [-0.2, -0.15) is 0 Å². The number of unbranched alkanes of at least 4 members (excludes halogenated alkanes) is 4. The lowest BCUT2D eigenvalue weighted by Gasteiger charge is -2.18. The van der Waals surface area contributed by atoms with Crippen LogP contribution in [0, 0.1) is 0 Å². The van der Waals surface area contributed by atoms with Crippen LogP contribution in [-0.2, 0) is 0 Å². The van der Waals surface area contributed by atoms with Crippen molar-refractivity contribution in [2.75, 3.05) is 0 Å². The summed E-state index contributed by atoms with van der Waals surface area (Å²) in [7, 11) is -0.806. The summed E-state index contributed by atoms with van der Waals surface area (Å²) in [5, 5.41) is 4.68. The van der Waals surface area contributed by atoms with Crippen LogP contribution >= 0.6 is 0 Å². The Morgan fingerprint density at radius 2 is 1.33 bits per heavy atom. The fraction of sp³-hybridized carbons (Fsp3) is 0.500. The number of rotatable bonds is 9. The Hall–Kier alpha value is -1.08. The number of hydrogen-bond donors (Lipinski definition) is 0. The van der Waals surface area contributed by atoms with E-state index in [-0.39, 0.29) is 0 Å². The van der Waals surface area contributed by atoms with Gasteiger partial charge in [0.15, 0.2) is 0 Å². The van der Waals surface area contributed by atoms with E-state index in [2.05, 4.69) is 56.3 Å². The number of hydrogen-bond acceptors (Lipinski definition) is 0. The first-order valence-corrected chi connectivity index (χ1v) is 11.1. The van der Waals surface area contributed by atoms with Gasteiger partial charge in [-0.1, -0.05) is 112 Å². The molecular weight excluding hydrogens is 268 g/mol. The van der Waals surface area contributed by atoms with Gasteiger partial charge < -0.3 is 0 Å². The van der Waals surface area contributed by atoms with E-state index in [1.807, 2.05) is 0 Å². The second-order valence-corrected chi connectivity index (χ2v) is 9.43. The van der Waals surface area contributed by atoms with Crippen molar-refractivity contribution in [2.45, 2.75) is 64.5 Å². The summed E-state index contributed by atoms with van der Waals surface area (Å²) in [5.41, 5.74) is 0. The van der Waals surface area contributed by atoms with Crippen LogP contribution in [0.4, 0.5) is 0 Å². The Balaban J connectivity index is 2.19. The van der Waals surface area contributed by atoms with Crippen molar-refractivity contribution in [1.82, 2.24) is 0 Å². The molecule has 2 aromatic carbocycles. The van der Waals surface area contributed by atoms with E-state index < -0.39 is 8.80 Å². The summed E-state index contributed by atoms with van der Waals surface area (Å²) in [6.45, 7) is 4.62. The molecule has 0 nitrogen and oxygen atoms in total. The molecule has 0 bridgehead atoms. The van der Waals surface area contributed by atoms with Crippen LogP contribution in [0.25, 0.3) is 10.8 Å². The maximum absolute atomic E-state index is 2.43. The van der Waals surface area contributed by atoms with Crippen molar-refractivity contribution < 1.29 is 0 Å². The molecule has 0 unspecified atom stereocenters. The Bertz CT molecular complexity index is 517. The summed E-state index contributed by atoms with van der Waals surface area (Å²) >= 11 is 0. The highest BCUT2D eigenvalue weighted by Crippen LogP contribution is 2.18. The van der Waals surface area contributed by atoms with Crippen molar-refractivity contribution in [3.63, 3.8) is 0 Å². The predicted molar refractivity (Wildman–Crippen MR) is 99.4 cm³/mol. The molecule has 0 radical (unpaired) electrons. The highest BCUT2D eigenvalue weighted by Gasteiger charge is 2.15. The maximum Gasteiger partial charge on any atom is 0.0716 e. The lowest BCUT2D eigenvalue weighted by atomic mass is 10.1. The molecule has 21 heavy (non-hydrogen) atoms. The van der Waals surface area contributed by atoms with Gasteiger partial charge in [0.05, 0.1) is 8.80 Å². The maximum atomic E-state index is 2.43. The molecule has 0 aliphatic rings. The highest BCUT2D eigenvalue weighted by atomic mass is 28.3. The summed E-state index contributed by atoms with van der Waals surface area (Å²) in [5.74, 6) is 0. The van der Waals surface area contributed by atoms with Gasteiger partial charge in [0.25, 0.3) is 0 Å². The zero-order chi connectivity index (χ0) is 14.9. The van der Waals surface area contributed by atoms with Crippen LogP contribution in [-0.4, -0.2) is 8.80 Å². The second kappa shape index (κ2) is 9.04. The average Bonchev–Trinajstić information content (AvgIpc) is 2.53. The van der Waals surface area contributed by atoms with E-state index in [1.165, 1.54) is 61.4 Å². The van der Waals surface area contributed by atoms with E-state index in [1.54, 1.807) is 5.19 Å². The lowest BCUT2D eigenvalue weighted by molar-refractivity contribution is 0.748. The molecule has 0 aliphatic carbocycles. The summed E-state index contributed by atoms with van der Waals surface area (Å²) in [6, 6.07) is 18.9. The summed E-state index contributed by atoms with van der Waals surface area (Å²) < 4.78 is 0. The molecule has 0 heterocycles. The fourth-order valence-electron chi connectivity index (χ4n) is 3.34. The predicted octanol–water partition coefficient (Wildman–Crippen LogP) is 5.65. The van der Waals surface area contributed by atoms with Crippen molar-refractivity contribution in [1.29, 1.82) is 0 Å². The van der Waals surface area contributed by atoms with Gasteiger partial charge in [0.2, 0.25) is 0 Å². The minimum Gasteiger partial charge on any atom is -0.0654 e. The molecule has 114 valence electrons. The number of benzene rings is 2. The van der Waals surface area contributed by atoms with Crippen LogP contribution in [0.15, 0.2) is 42.5 Å². The molecule has 1 heteroatoms. The van der Waals surface area contributed by atoms with Crippen LogP contribution < -0.4 is 5.19 Å². The standard InChI is InChI=1S/C20H30Si/c1-3-5-9-16-21(17-10-6-4-2)20-15-11-13-18-12-7-8-14-19(18)20/h7-8,11-15,21H,3-6,9-10,16-17H2,1-2H3. The average molecular weight is 299 g/mol. The van der Waals surface area contributed by atoms with Crippen LogP contribution in [0.5, 0.6) is 0 Å². The Kier molecular flexibility index (Phi) is 7.01. The normalized spacial score (nSPS) is 11.4. The molecule has 0 aromatic heterocycles. The van der Waals surface area contributed by atoms with Crippen molar-refractivity contribution in [3.05, 3.63) is 42.5 Å². The largest absolute Gasteiger partial charge is 0.0716 e. The molecule has 0 N–H and O–H groups in total. The minimum absolute atomic E-state index is 0.806. The number of fused-ring (bicyclic) bond motifs is 1. The van der Waals surface area contributed by atoms with Gasteiger partial charge in [-0.3, -0.25) is 0 Å². The van der Waals surface area contributed by atoms with Crippen molar-refractivity contribution >= 4 is 24.8 Å². The second-order valence-electron chi connectivity index (χ2n) is 6.26. The zero-order valence-corrected chi connectivity index (χ0v) is 14.9. The molecule has 0 amide bonds. The van der Waals surface area contributed by atoms with Crippen LogP contribution in [0.1, 0.15) is 52.4 Å². The molecular formula is C20H30Si. The third kappa shape index (κ3) is 4.71. The van der Waals surface area contributed by atoms with Gasteiger partial charge in [-0.25, -0.2) is 0 Å². The third-order valence-electron chi connectivity index (χ3n) is 4.58. The molecule has 2 aromatic rings. The fourth-order valence-corrected chi connectivity index (χ4v) is 6.90. The first-order chi connectivity index (χ1) is 10.4. The quantitative estimate of drug-likeness (QED) is 0.414. The SMILES string of the molecule is CCCCC[SiH](CCCCC)c1cccc2ccccc12. The summed E-state index contributed by atoms with van der Waals surface area (Å²) in [4.78, 5) is 0. The van der Waals surface area contributed by atoms with E-state index >= 15 is 0 Å². The molecule has 0 spiro atoms. The van der Waals surface area contributed by atoms with E-state index in [9.17, 15) is 0 Å². The van der Waals surface area contributed by atoms with Crippen LogP contribution in [0.2, 0.25) is 12.1 Å². The minimum atomic E-state index is -0.806. The first kappa shape index (κ1) is 16.3. The molecule has 0 saturated heterocycles. The van der Waals surface area contributed by atoms with Gasteiger partial charge in [-0.15, -0.1) is 0 Å². The Morgan fingerprint density at radius 3 is 2.00 bits per heavy atom. The summed E-state index contributed by atoms with van der Waals surface area (Å²) in [6.07, 6.45) is 8.35. The topological polar surface area (TPSA) is 0 Å². The van der Waals surface area contributed by atoms with Crippen molar-refractivity contribution in [2.24, 2.45) is 0 Å². The molecule has 0 saturated carbocycles. The first-order valence-electron chi connectivity index (χ1n) is 8.84. The third-order valence-corrected chi connectivity index (χ3v) is 8.17. The smallest absolute Gasteiger partial charge is 0.0654 e. The van der Waals surface area contributed by atoms with Crippen LogP contribution in [0.3, 0.4) is 0 Å². The lowest BCUT2D eigenvalue weighted by Crippen LogP contribution is -2.30. The molecule has 0 aliphatic heterocycles.